The van der Waals surface area contributed by atoms with Crippen LogP contribution in [0.2, 0.25) is 5.02 Å². The summed E-state index contributed by atoms with van der Waals surface area (Å²) in [7, 11) is 3.51. The Balaban J connectivity index is 1.87. The largest absolute Gasteiger partial charge is 0.495 e. The molecule has 1 aliphatic heterocycles. The minimum absolute atomic E-state index is 0.346. The number of rotatable bonds is 8. The maximum absolute atomic E-state index is 6.17. The predicted octanol–water partition coefficient (Wildman–Crippen LogP) is 2.43. The molecule has 0 aliphatic carbocycles. The van der Waals surface area contributed by atoms with Gasteiger partial charge in [-0.2, -0.15) is 0 Å². The predicted molar refractivity (Wildman–Crippen MR) is 111 cm³/mol. The van der Waals surface area contributed by atoms with Crippen LogP contribution in [0.4, 0.5) is 5.69 Å². The third kappa shape index (κ3) is 5.68. The van der Waals surface area contributed by atoms with Crippen LogP contribution >= 0.6 is 11.6 Å². The van der Waals surface area contributed by atoms with E-state index in [0.717, 1.165) is 68.1 Å². The van der Waals surface area contributed by atoms with Gasteiger partial charge in [0.05, 0.1) is 12.8 Å². The Morgan fingerprint density at radius 2 is 2.15 bits per heavy atom. The van der Waals surface area contributed by atoms with Crippen LogP contribution in [-0.2, 0) is 0 Å². The van der Waals surface area contributed by atoms with Gasteiger partial charge in [-0.3, -0.25) is 4.99 Å². The Kier molecular flexibility index (Phi) is 8.32. The summed E-state index contributed by atoms with van der Waals surface area (Å²) in [5.74, 6) is 1.72. The van der Waals surface area contributed by atoms with Crippen LogP contribution in [-0.4, -0.2) is 70.3 Å². The standard InChI is InChI=1S/C19H32ClN5O/c1-5-24(6-2)12-10-22-19(21-3)23-16-9-11-25(14-16)17-13-15(20)7-8-18(17)26-4/h7-8,13,16H,5-6,9-12,14H2,1-4H3,(H2,21,22,23). The van der Waals surface area contributed by atoms with Gasteiger partial charge in [-0.1, -0.05) is 25.4 Å². The maximum atomic E-state index is 6.17. The van der Waals surface area contributed by atoms with Crippen molar-refractivity contribution in [2.24, 2.45) is 4.99 Å². The Morgan fingerprint density at radius 1 is 1.38 bits per heavy atom. The van der Waals surface area contributed by atoms with E-state index in [0.29, 0.717) is 6.04 Å². The molecule has 1 atom stereocenters. The van der Waals surface area contributed by atoms with E-state index in [1.165, 1.54) is 0 Å². The van der Waals surface area contributed by atoms with Gasteiger partial charge in [0.15, 0.2) is 5.96 Å². The van der Waals surface area contributed by atoms with Crippen molar-refractivity contribution in [3.05, 3.63) is 23.2 Å². The number of hydrogen-bond donors (Lipinski definition) is 2. The molecule has 0 spiro atoms. The first kappa shape index (κ1) is 20.6. The van der Waals surface area contributed by atoms with Gasteiger partial charge >= 0.3 is 0 Å². The fraction of sp³-hybridized carbons (Fsp3) is 0.632. The first-order chi connectivity index (χ1) is 12.6. The zero-order chi connectivity index (χ0) is 18.9. The van der Waals surface area contributed by atoms with E-state index in [1.807, 2.05) is 25.2 Å². The van der Waals surface area contributed by atoms with Gasteiger partial charge < -0.3 is 25.2 Å². The number of ether oxygens (including phenoxy) is 1. The lowest BCUT2D eigenvalue weighted by molar-refractivity contribution is 0.308. The lowest BCUT2D eigenvalue weighted by atomic mass is 10.2. The molecule has 0 bridgehead atoms. The van der Waals surface area contributed by atoms with Crippen molar-refractivity contribution < 1.29 is 4.74 Å². The van der Waals surface area contributed by atoms with Gasteiger partial charge in [0.1, 0.15) is 5.75 Å². The molecule has 26 heavy (non-hydrogen) atoms. The molecule has 2 N–H and O–H groups in total. The average molecular weight is 382 g/mol. The fourth-order valence-electron chi connectivity index (χ4n) is 3.27. The molecular weight excluding hydrogens is 350 g/mol. The molecule has 1 saturated heterocycles. The highest BCUT2D eigenvalue weighted by Gasteiger charge is 2.25. The van der Waals surface area contributed by atoms with Crippen LogP contribution in [0, 0.1) is 0 Å². The van der Waals surface area contributed by atoms with Crippen LogP contribution in [0.3, 0.4) is 0 Å². The number of guanidine groups is 1. The fourth-order valence-corrected chi connectivity index (χ4v) is 3.43. The van der Waals surface area contributed by atoms with Gasteiger partial charge in [-0.25, -0.2) is 0 Å². The number of methoxy groups -OCH3 is 1. The number of benzene rings is 1. The van der Waals surface area contributed by atoms with Crippen LogP contribution < -0.4 is 20.3 Å². The van der Waals surface area contributed by atoms with Gasteiger partial charge in [0.25, 0.3) is 0 Å². The molecule has 1 unspecified atom stereocenters. The molecule has 1 fully saturated rings. The van der Waals surface area contributed by atoms with Gasteiger partial charge in [0, 0.05) is 44.3 Å². The van der Waals surface area contributed by atoms with E-state index < -0.39 is 0 Å². The number of hydrogen-bond acceptors (Lipinski definition) is 4. The van der Waals surface area contributed by atoms with Gasteiger partial charge in [-0.05, 0) is 37.7 Å². The molecule has 1 aromatic carbocycles. The summed E-state index contributed by atoms with van der Waals surface area (Å²) in [6.45, 7) is 10.3. The van der Waals surface area contributed by atoms with E-state index in [9.17, 15) is 0 Å². The van der Waals surface area contributed by atoms with Crippen molar-refractivity contribution >= 4 is 23.2 Å². The first-order valence-corrected chi connectivity index (χ1v) is 9.77. The highest BCUT2D eigenvalue weighted by Crippen LogP contribution is 2.33. The van der Waals surface area contributed by atoms with Crippen molar-refractivity contribution in [1.82, 2.24) is 15.5 Å². The highest BCUT2D eigenvalue weighted by atomic mass is 35.5. The first-order valence-electron chi connectivity index (χ1n) is 9.39. The zero-order valence-electron chi connectivity index (χ0n) is 16.4. The molecule has 1 heterocycles. The summed E-state index contributed by atoms with van der Waals surface area (Å²) < 4.78 is 5.49. The van der Waals surface area contributed by atoms with E-state index in [-0.39, 0.29) is 0 Å². The van der Waals surface area contributed by atoms with E-state index in [4.69, 9.17) is 16.3 Å². The normalized spacial score (nSPS) is 17.7. The number of anilines is 1. The zero-order valence-corrected chi connectivity index (χ0v) is 17.1. The summed E-state index contributed by atoms with van der Waals surface area (Å²) in [6.07, 6.45) is 1.05. The lowest BCUT2D eigenvalue weighted by Crippen LogP contribution is -2.46. The SMILES string of the molecule is CCN(CC)CCNC(=NC)NC1CCN(c2cc(Cl)ccc2OC)C1. The van der Waals surface area contributed by atoms with E-state index >= 15 is 0 Å². The smallest absolute Gasteiger partial charge is 0.191 e. The lowest BCUT2D eigenvalue weighted by Gasteiger charge is -2.23. The quantitative estimate of drug-likeness (QED) is 0.535. The summed E-state index contributed by atoms with van der Waals surface area (Å²) in [6, 6.07) is 6.10. The van der Waals surface area contributed by atoms with Crippen LogP contribution in [0.5, 0.6) is 5.75 Å². The Bertz CT molecular complexity index is 591. The van der Waals surface area contributed by atoms with Crippen molar-refractivity contribution in [2.45, 2.75) is 26.3 Å². The Labute approximate surface area is 162 Å². The molecule has 0 saturated carbocycles. The number of aliphatic imine (C=N–C) groups is 1. The molecule has 146 valence electrons. The highest BCUT2D eigenvalue weighted by molar-refractivity contribution is 6.30. The number of halogens is 1. The van der Waals surface area contributed by atoms with Crippen molar-refractivity contribution in [3.8, 4) is 5.75 Å². The molecule has 0 radical (unpaired) electrons. The molecule has 1 aliphatic rings. The molecule has 2 rings (SSSR count). The van der Waals surface area contributed by atoms with E-state index in [2.05, 4.69) is 39.3 Å². The van der Waals surface area contributed by atoms with Crippen molar-refractivity contribution in [3.63, 3.8) is 0 Å². The molecule has 7 heteroatoms. The average Bonchev–Trinajstić information content (AvgIpc) is 3.12. The van der Waals surface area contributed by atoms with Crippen LogP contribution in [0.25, 0.3) is 0 Å². The molecular formula is C19H32ClN5O. The van der Waals surface area contributed by atoms with Gasteiger partial charge in [0.2, 0.25) is 0 Å². The summed E-state index contributed by atoms with van der Waals surface area (Å²) >= 11 is 6.17. The topological polar surface area (TPSA) is 52.1 Å². The third-order valence-electron chi connectivity index (χ3n) is 4.85. The second kappa shape index (κ2) is 10.5. The van der Waals surface area contributed by atoms with Gasteiger partial charge in [-0.15, -0.1) is 0 Å². The monoisotopic (exact) mass is 381 g/mol. The molecule has 0 aromatic heterocycles. The molecule has 0 amide bonds. The second-order valence-corrected chi connectivity index (χ2v) is 6.85. The van der Waals surface area contributed by atoms with E-state index in [1.54, 1.807) is 7.11 Å². The van der Waals surface area contributed by atoms with Crippen LogP contribution in [0.15, 0.2) is 23.2 Å². The second-order valence-electron chi connectivity index (χ2n) is 6.42. The molecule has 1 aromatic rings. The number of nitrogens with zero attached hydrogens (tertiary/aromatic N) is 3. The molecule has 6 nitrogen and oxygen atoms in total. The summed E-state index contributed by atoms with van der Waals surface area (Å²) in [4.78, 5) is 9.06. The Morgan fingerprint density at radius 3 is 2.81 bits per heavy atom. The third-order valence-corrected chi connectivity index (χ3v) is 5.08. The summed E-state index contributed by atoms with van der Waals surface area (Å²) in [5.41, 5.74) is 1.05. The van der Waals surface area contributed by atoms with Crippen molar-refractivity contribution in [1.29, 1.82) is 0 Å². The summed E-state index contributed by atoms with van der Waals surface area (Å²) in [5, 5.41) is 7.67. The number of likely N-dealkylation sites (N-methyl/N-ethyl adjacent to an activating group) is 1. The maximum Gasteiger partial charge on any atom is 0.191 e. The number of nitrogens with one attached hydrogen (secondary N) is 2. The minimum atomic E-state index is 0.346. The van der Waals surface area contributed by atoms with Crippen LogP contribution in [0.1, 0.15) is 20.3 Å². The Hall–Kier alpha value is -1.66. The van der Waals surface area contributed by atoms with Crippen molar-refractivity contribution in [2.75, 3.05) is 58.3 Å². The minimum Gasteiger partial charge on any atom is -0.495 e.